The normalized spacial score (nSPS) is 14.4. The molecule has 0 amide bonds. The highest BCUT2D eigenvalue weighted by Crippen LogP contribution is 2.40. The lowest BCUT2D eigenvalue weighted by molar-refractivity contribution is -0.255. The second-order valence-electron chi connectivity index (χ2n) is 12.3. The van der Waals surface area contributed by atoms with Crippen LogP contribution in [0, 0.1) is 32.9 Å². The van der Waals surface area contributed by atoms with Crippen molar-refractivity contribution >= 4 is 38.1 Å². The lowest BCUT2D eigenvalue weighted by Gasteiger charge is -2.19. The third-order valence-corrected chi connectivity index (χ3v) is 10.7. The summed E-state index contributed by atoms with van der Waals surface area (Å²) in [7, 11) is -10.0. The van der Waals surface area contributed by atoms with E-state index < -0.39 is 36.4 Å². The van der Waals surface area contributed by atoms with Crippen molar-refractivity contribution in [3.63, 3.8) is 0 Å². The molecule has 256 valence electrons. The molecule has 0 bridgehead atoms. The molecule has 0 spiro atoms. The van der Waals surface area contributed by atoms with Crippen molar-refractivity contribution in [2.75, 3.05) is 0 Å². The van der Waals surface area contributed by atoms with E-state index in [1.54, 1.807) is 24.3 Å². The van der Waals surface area contributed by atoms with Gasteiger partial charge >= 0.3 is 20.2 Å². The zero-order valence-electron chi connectivity index (χ0n) is 27.7. The van der Waals surface area contributed by atoms with E-state index in [9.17, 15) is 40.6 Å². The van der Waals surface area contributed by atoms with Gasteiger partial charge in [-0.1, -0.05) is 48.5 Å². The number of hydrogen-bond acceptors (Lipinski definition) is 7. The van der Waals surface area contributed by atoms with Gasteiger partial charge in [-0.2, -0.15) is 16.8 Å². The highest BCUT2D eigenvalue weighted by Gasteiger charge is 2.40. The van der Waals surface area contributed by atoms with Gasteiger partial charge in [0.25, 0.3) is 0 Å². The van der Waals surface area contributed by atoms with Gasteiger partial charge in [-0.15, -0.1) is 0 Å². The maximum absolute atomic E-state index is 12.7. The minimum atomic E-state index is -5.13. The van der Waals surface area contributed by atoms with Gasteiger partial charge in [0.05, 0.1) is 17.6 Å². The maximum atomic E-state index is 12.7. The molecule has 50 heavy (non-hydrogen) atoms. The van der Waals surface area contributed by atoms with Crippen LogP contribution in [-0.4, -0.2) is 38.2 Å². The van der Waals surface area contributed by atoms with Crippen molar-refractivity contribution in [3.05, 3.63) is 174 Å². The summed E-state index contributed by atoms with van der Waals surface area (Å²) in [6.45, 7) is 7.77. The summed E-state index contributed by atoms with van der Waals surface area (Å²) in [5.74, 6) is -1.48. The van der Waals surface area contributed by atoms with Crippen molar-refractivity contribution in [1.29, 1.82) is 0 Å². The molecule has 1 aliphatic rings. The second kappa shape index (κ2) is 14.0. The van der Waals surface area contributed by atoms with Crippen LogP contribution in [0.25, 0.3) is 5.57 Å². The van der Waals surface area contributed by atoms with Crippen LogP contribution in [0.5, 0.6) is 0 Å². The molecule has 0 saturated carbocycles. The standard InChI is InChI=1S/C39H34O9S2/c1-23-7-5-8-24(2)34(23)18-27-11-13-29(17-31(27)22-40)38(33-16-15-32(49(43,44)45)21-37(33)50(46,47)48)30-14-12-28(36(20-30)39(41)42)19-35-25(3)9-6-10-26(35)4/h5-17,20-22H,18-19H2,1-4H3,(H2-,41,42,43,44,45,46,47,48). The molecule has 1 aliphatic carbocycles. The summed E-state index contributed by atoms with van der Waals surface area (Å²) >= 11 is 0. The van der Waals surface area contributed by atoms with Gasteiger partial charge in [0.15, 0.2) is 10.2 Å². The van der Waals surface area contributed by atoms with Crippen molar-refractivity contribution < 1.29 is 40.6 Å². The number of carbonyl (C=O) groups is 2. The number of aryl methyl sites for hydroxylation is 4. The lowest BCUT2D eigenvalue weighted by atomic mass is 9.85. The smallest absolute Gasteiger partial charge is 0.331 e. The number of carbonyl (C=O) groups excluding carboxylic acids is 2. The maximum Gasteiger partial charge on any atom is 0.331 e. The number of rotatable bonds is 10. The van der Waals surface area contributed by atoms with Crippen LogP contribution in [0.15, 0.2) is 102 Å². The first-order valence-electron chi connectivity index (χ1n) is 15.5. The third-order valence-electron chi connectivity index (χ3n) is 9.00. The molecule has 0 aromatic heterocycles. The summed E-state index contributed by atoms with van der Waals surface area (Å²) in [4.78, 5) is 24.3. The molecule has 0 fully saturated rings. The molecule has 9 nitrogen and oxygen atoms in total. The quantitative estimate of drug-likeness (QED) is 0.117. The fraction of sp³-hybridized carbons (Fsp3) is 0.154. The summed E-state index contributed by atoms with van der Waals surface area (Å²) in [6.07, 6.45) is 4.02. The lowest BCUT2D eigenvalue weighted by Crippen LogP contribution is -2.24. The molecule has 0 unspecified atom stereocenters. The molecule has 4 aromatic carbocycles. The molecule has 0 aliphatic heterocycles. The molecule has 11 heteroatoms. The van der Waals surface area contributed by atoms with Crippen LogP contribution >= 0.6 is 0 Å². The Bertz CT molecular complexity index is 2320. The average Bonchev–Trinajstić information content (AvgIpc) is 3.04. The molecule has 0 saturated heterocycles. The highest BCUT2D eigenvalue weighted by atomic mass is 32.2. The van der Waals surface area contributed by atoms with E-state index in [0.29, 0.717) is 29.9 Å². The predicted molar refractivity (Wildman–Crippen MR) is 190 cm³/mol. The number of aldehydes is 1. The van der Waals surface area contributed by atoms with E-state index in [1.165, 1.54) is 12.1 Å². The molecule has 0 heterocycles. The number of hydrogen-bond donors (Lipinski definition) is 2. The monoisotopic (exact) mass is 710 g/mol. The van der Waals surface area contributed by atoms with E-state index in [4.69, 9.17) is 0 Å². The summed E-state index contributed by atoms with van der Waals surface area (Å²) in [6, 6.07) is 21.0. The van der Waals surface area contributed by atoms with Gasteiger partial charge in [-0.25, -0.2) is 0 Å². The molecule has 2 N–H and O–H groups in total. The van der Waals surface area contributed by atoms with Crippen LogP contribution in [0.3, 0.4) is 0 Å². The fourth-order valence-corrected chi connectivity index (χ4v) is 7.60. The first-order valence-corrected chi connectivity index (χ1v) is 18.4. The Kier molecular flexibility index (Phi) is 10.2. The van der Waals surface area contributed by atoms with E-state index in [0.717, 1.165) is 45.5 Å². The van der Waals surface area contributed by atoms with E-state index in [2.05, 4.69) is 0 Å². The number of carboxylic acids is 1. The van der Waals surface area contributed by atoms with Gasteiger partial charge < -0.3 is 9.90 Å². The van der Waals surface area contributed by atoms with Gasteiger partial charge in [-0.05, 0) is 109 Å². The van der Waals surface area contributed by atoms with Crippen LogP contribution in [0.2, 0.25) is 0 Å². The number of allylic oxidation sites excluding steroid dienone is 2. The topological polar surface area (TPSA) is 166 Å². The largest absolute Gasteiger partial charge is 0.545 e. The number of aromatic carboxylic acids is 1. The van der Waals surface area contributed by atoms with E-state index in [1.807, 2.05) is 64.1 Å². The van der Waals surface area contributed by atoms with Gasteiger partial charge in [0.1, 0.15) is 11.9 Å². The molecular weight excluding hydrogens is 677 g/mol. The zero-order valence-corrected chi connectivity index (χ0v) is 29.4. The van der Waals surface area contributed by atoms with Crippen molar-refractivity contribution in [1.82, 2.24) is 0 Å². The van der Waals surface area contributed by atoms with Crippen molar-refractivity contribution in [2.45, 2.75) is 40.5 Å². The molecule has 0 atom stereocenters. The highest BCUT2D eigenvalue weighted by molar-refractivity contribution is 7.90. The molecular formula is C39H34O9S2. The Morgan fingerprint density at radius 2 is 1.24 bits per heavy atom. The number of carboxylic acid groups (broad SMARTS) is 1. The van der Waals surface area contributed by atoms with Gasteiger partial charge in [-0.3, -0.25) is 13.9 Å². The Hall–Kier alpha value is -5.07. The second-order valence-corrected chi connectivity index (χ2v) is 15.1. The Labute approximate surface area is 291 Å². The van der Waals surface area contributed by atoms with Crippen LogP contribution in [0.4, 0.5) is 0 Å². The minimum absolute atomic E-state index is 0.0716. The van der Waals surface area contributed by atoms with Crippen LogP contribution < -0.4 is 5.11 Å². The average molecular weight is 711 g/mol. The predicted octanol–water partition coefficient (Wildman–Crippen LogP) is 5.84. The van der Waals surface area contributed by atoms with Gasteiger partial charge in [0.2, 0.25) is 0 Å². The Morgan fingerprint density at radius 3 is 1.72 bits per heavy atom. The first kappa shape index (κ1) is 36.2. The molecule has 0 radical (unpaired) electrons. The third kappa shape index (κ3) is 7.56. The van der Waals surface area contributed by atoms with E-state index >= 15 is 0 Å². The number of benzene rings is 4. The van der Waals surface area contributed by atoms with E-state index in [-0.39, 0.29) is 39.8 Å². The molecule has 5 rings (SSSR count). The van der Waals surface area contributed by atoms with Crippen molar-refractivity contribution in [2.24, 2.45) is 0 Å². The SMILES string of the molecule is Cc1cccc(C)c1Cc1ccc(C(=C2C=CC(S(=O)(=O)O)=C[C+]2S(=O)(=O)O)c2ccc(Cc3c(C)cccc3C)c(C(=O)[O-])c2)cc1C=O. The summed E-state index contributed by atoms with van der Waals surface area (Å²) in [5, 5.41) is 11.7. The minimum Gasteiger partial charge on any atom is -0.545 e. The van der Waals surface area contributed by atoms with Crippen LogP contribution in [-0.2, 0) is 33.1 Å². The van der Waals surface area contributed by atoms with Crippen molar-refractivity contribution in [3.8, 4) is 0 Å². The zero-order chi connectivity index (χ0) is 36.5. The first-order chi connectivity index (χ1) is 23.5. The summed E-state index contributed by atoms with van der Waals surface area (Å²) in [5.41, 5.74) is 7.48. The van der Waals surface area contributed by atoms with Gasteiger partial charge in [0, 0.05) is 34.4 Å². The summed E-state index contributed by atoms with van der Waals surface area (Å²) < 4.78 is 69.4. The fourth-order valence-electron chi connectivity index (χ4n) is 6.29. The molecule has 4 aromatic rings. The Morgan fingerprint density at radius 1 is 0.740 bits per heavy atom. The Balaban J connectivity index is 1.77. The van der Waals surface area contributed by atoms with Crippen LogP contribution in [0.1, 0.15) is 76.4 Å².